The Hall–Kier alpha value is -2.08. The van der Waals surface area contributed by atoms with E-state index in [1.165, 1.54) is 10.6 Å². The van der Waals surface area contributed by atoms with E-state index in [-0.39, 0.29) is 17.1 Å². The van der Waals surface area contributed by atoms with Crippen molar-refractivity contribution in [1.82, 2.24) is 5.01 Å². The first-order valence-corrected chi connectivity index (χ1v) is 10.7. The van der Waals surface area contributed by atoms with Crippen LogP contribution >= 0.6 is 11.6 Å². The number of carbonyl (C=O) groups excluding carboxylic acids is 1. The number of hydrazone groups is 1. The molecule has 0 aromatic heterocycles. The molecule has 6 heteroatoms. The number of hydrogen-bond donors (Lipinski definition) is 0. The van der Waals surface area contributed by atoms with Crippen LogP contribution < -0.4 is 0 Å². The lowest BCUT2D eigenvalue weighted by molar-refractivity contribution is -0.124. The molecule has 0 spiro atoms. The second-order valence-electron chi connectivity index (χ2n) is 7.75. The molecule has 1 aliphatic rings. The highest BCUT2D eigenvalue weighted by molar-refractivity contribution is 7.92. The fraction of sp³-hybridized carbons (Fsp3) is 0.273. The Balaban J connectivity index is 1.84. The highest BCUT2D eigenvalue weighted by Gasteiger charge is 2.31. The zero-order chi connectivity index (χ0) is 20.5. The first-order valence-electron chi connectivity index (χ1n) is 8.97. The smallest absolute Gasteiger partial charge is 0.275 e. The molecule has 1 unspecified atom stereocenters. The summed E-state index contributed by atoms with van der Waals surface area (Å²) in [6.45, 7) is 6.48. The Bertz CT molecular complexity index is 929. The van der Waals surface area contributed by atoms with Crippen molar-refractivity contribution in [1.29, 1.82) is 0 Å². The minimum Gasteiger partial charge on any atom is -0.611 e. The fourth-order valence-corrected chi connectivity index (χ4v) is 4.06. The lowest BCUT2D eigenvalue weighted by Gasteiger charge is -2.18. The molecule has 1 amide bonds. The molecular weight excluding hydrogens is 392 g/mol. The molecule has 146 valence electrons. The third-order valence-electron chi connectivity index (χ3n) is 4.54. The van der Waals surface area contributed by atoms with E-state index >= 15 is 0 Å². The van der Waals surface area contributed by atoms with Gasteiger partial charge in [0.15, 0.2) is 10.6 Å². The van der Waals surface area contributed by atoms with E-state index < -0.39 is 11.2 Å². The van der Waals surface area contributed by atoms with E-state index in [9.17, 15) is 9.35 Å². The molecule has 2 aromatic carbocycles. The Morgan fingerprint density at radius 3 is 2.29 bits per heavy atom. The van der Waals surface area contributed by atoms with Crippen LogP contribution in [0.2, 0.25) is 5.02 Å². The SMILES string of the molecule is CN1N=C(C[S+]([O-])c2ccc(Cl)cc2)C(=Cc2ccc(C(C)(C)C)cc2)C1=O. The van der Waals surface area contributed by atoms with Crippen LogP contribution in [0.3, 0.4) is 0 Å². The van der Waals surface area contributed by atoms with Gasteiger partial charge in [-0.1, -0.05) is 56.6 Å². The molecule has 0 radical (unpaired) electrons. The van der Waals surface area contributed by atoms with Gasteiger partial charge in [0.2, 0.25) is 0 Å². The summed E-state index contributed by atoms with van der Waals surface area (Å²) in [5.41, 5.74) is 3.21. The molecule has 0 N–H and O–H groups in total. The van der Waals surface area contributed by atoms with Crippen molar-refractivity contribution in [2.45, 2.75) is 31.1 Å². The lowest BCUT2D eigenvalue weighted by Crippen LogP contribution is -2.20. The highest BCUT2D eigenvalue weighted by Crippen LogP contribution is 2.25. The molecule has 1 aliphatic heterocycles. The van der Waals surface area contributed by atoms with Gasteiger partial charge in [-0.15, -0.1) is 0 Å². The number of carbonyl (C=O) groups is 1. The number of likely N-dealkylation sites (N-methyl/N-ethyl adjacent to an activating group) is 1. The zero-order valence-electron chi connectivity index (χ0n) is 16.4. The Morgan fingerprint density at radius 2 is 1.71 bits per heavy atom. The van der Waals surface area contributed by atoms with Gasteiger partial charge >= 0.3 is 0 Å². The van der Waals surface area contributed by atoms with E-state index in [4.69, 9.17) is 11.6 Å². The normalized spacial score (nSPS) is 17.2. The molecule has 0 bridgehead atoms. The number of nitrogens with zero attached hydrogens (tertiary/aromatic N) is 2. The molecule has 0 saturated carbocycles. The van der Waals surface area contributed by atoms with Gasteiger partial charge < -0.3 is 4.55 Å². The topological polar surface area (TPSA) is 55.7 Å². The maximum absolute atomic E-state index is 12.7. The zero-order valence-corrected chi connectivity index (χ0v) is 18.0. The van der Waals surface area contributed by atoms with E-state index in [1.807, 2.05) is 18.2 Å². The second kappa shape index (κ2) is 8.11. The maximum atomic E-state index is 12.7. The molecule has 2 aromatic rings. The molecule has 0 saturated heterocycles. The Kier molecular flexibility index (Phi) is 5.98. The quantitative estimate of drug-likeness (QED) is 0.539. The van der Waals surface area contributed by atoms with Crippen LogP contribution in [0.1, 0.15) is 31.9 Å². The number of halogens is 1. The Morgan fingerprint density at radius 1 is 1.11 bits per heavy atom. The van der Waals surface area contributed by atoms with Crippen LogP contribution in [0.15, 0.2) is 64.1 Å². The Labute approximate surface area is 174 Å². The summed E-state index contributed by atoms with van der Waals surface area (Å²) in [5.74, 6) is -0.0214. The van der Waals surface area contributed by atoms with Crippen LogP contribution in [-0.4, -0.2) is 34.0 Å². The molecular formula is C22H23ClN2O2S. The van der Waals surface area contributed by atoms with E-state index in [0.717, 1.165) is 5.56 Å². The molecule has 1 atom stereocenters. The lowest BCUT2D eigenvalue weighted by atomic mass is 9.86. The van der Waals surface area contributed by atoms with Crippen molar-refractivity contribution in [3.63, 3.8) is 0 Å². The van der Waals surface area contributed by atoms with Crippen molar-refractivity contribution >= 4 is 40.5 Å². The predicted molar refractivity (Wildman–Crippen MR) is 116 cm³/mol. The molecule has 28 heavy (non-hydrogen) atoms. The number of hydrogen-bond acceptors (Lipinski definition) is 3. The van der Waals surface area contributed by atoms with Crippen LogP contribution in [0.5, 0.6) is 0 Å². The largest absolute Gasteiger partial charge is 0.611 e. The van der Waals surface area contributed by atoms with Gasteiger partial charge in [-0.3, -0.25) is 4.79 Å². The van der Waals surface area contributed by atoms with Crippen molar-refractivity contribution in [2.75, 3.05) is 12.8 Å². The van der Waals surface area contributed by atoms with Crippen LogP contribution in [0.4, 0.5) is 0 Å². The highest BCUT2D eigenvalue weighted by atomic mass is 35.5. The average molecular weight is 415 g/mol. The standard InChI is InChI=1S/C22H23ClN2O2S/c1-22(2,3)16-7-5-15(6-8-16)13-19-20(24-25(4)21(19)26)14-28(27)18-11-9-17(23)10-12-18/h5-13H,14H2,1-4H3. The number of amides is 1. The van der Waals surface area contributed by atoms with Gasteiger partial charge in [0.25, 0.3) is 5.91 Å². The summed E-state index contributed by atoms with van der Waals surface area (Å²) in [6.07, 6.45) is 1.82. The van der Waals surface area contributed by atoms with Crippen molar-refractivity contribution in [3.05, 3.63) is 70.3 Å². The first-order chi connectivity index (χ1) is 13.1. The fourth-order valence-electron chi connectivity index (χ4n) is 2.87. The van der Waals surface area contributed by atoms with Gasteiger partial charge in [-0.25, -0.2) is 5.01 Å². The molecule has 1 heterocycles. The second-order valence-corrected chi connectivity index (χ2v) is 9.64. The van der Waals surface area contributed by atoms with Crippen molar-refractivity contribution in [2.24, 2.45) is 5.10 Å². The minimum atomic E-state index is -1.31. The summed E-state index contributed by atoms with van der Waals surface area (Å²) in [7, 11) is 1.61. The minimum absolute atomic E-state index is 0.0666. The van der Waals surface area contributed by atoms with E-state index in [0.29, 0.717) is 21.2 Å². The van der Waals surface area contributed by atoms with Gasteiger partial charge in [-0.2, -0.15) is 5.10 Å². The summed E-state index contributed by atoms with van der Waals surface area (Å²) in [4.78, 5) is 13.2. The third kappa shape index (κ3) is 4.66. The number of benzene rings is 2. The van der Waals surface area contributed by atoms with Gasteiger partial charge in [-0.05, 0) is 58.1 Å². The van der Waals surface area contributed by atoms with Crippen molar-refractivity contribution in [3.8, 4) is 0 Å². The summed E-state index contributed by atoms with van der Waals surface area (Å²) < 4.78 is 12.7. The summed E-state index contributed by atoms with van der Waals surface area (Å²) >= 11 is 4.58. The van der Waals surface area contributed by atoms with Gasteiger partial charge in [0.05, 0.1) is 5.57 Å². The summed E-state index contributed by atoms with van der Waals surface area (Å²) in [5, 5.41) is 6.19. The van der Waals surface area contributed by atoms with Crippen LogP contribution in [-0.2, 0) is 21.4 Å². The van der Waals surface area contributed by atoms with Crippen LogP contribution in [0, 0.1) is 0 Å². The van der Waals surface area contributed by atoms with Crippen molar-refractivity contribution < 1.29 is 9.35 Å². The molecule has 0 aliphatic carbocycles. The average Bonchev–Trinajstić information content (AvgIpc) is 2.89. The number of rotatable bonds is 4. The third-order valence-corrected chi connectivity index (χ3v) is 6.12. The van der Waals surface area contributed by atoms with Crippen LogP contribution in [0.25, 0.3) is 6.08 Å². The van der Waals surface area contributed by atoms with E-state index in [2.05, 4.69) is 38.0 Å². The molecule has 3 rings (SSSR count). The monoisotopic (exact) mass is 414 g/mol. The maximum Gasteiger partial charge on any atom is 0.275 e. The van der Waals surface area contributed by atoms with Gasteiger partial charge in [0, 0.05) is 12.1 Å². The van der Waals surface area contributed by atoms with E-state index in [1.54, 1.807) is 31.3 Å². The predicted octanol–water partition coefficient (Wildman–Crippen LogP) is 4.66. The van der Waals surface area contributed by atoms with Gasteiger partial charge in [0.1, 0.15) is 5.71 Å². The first kappa shape index (κ1) is 20.6. The summed E-state index contributed by atoms with van der Waals surface area (Å²) in [6, 6.07) is 15.0. The molecule has 4 nitrogen and oxygen atoms in total. The molecule has 0 fully saturated rings.